The van der Waals surface area contributed by atoms with Crippen LogP contribution < -0.4 is 15.4 Å². The molecule has 7 nitrogen and oxygen atoms in total. The second kappa shape index (κ2) is 11.9. The number of hydrogen-bond acceptors (Lipinski definition) is 5. The number of nitrogens with zero attached hydrogens (tertiary/aromatic N) is 2. The van der Waals surface area contributed by atoms with E-state index in [2.05, 4.69) is 20.6 Å². The predicted octanol–water partition coefficient (Wildman–Crippen LogP) is 4.64. The Morgan fingerprint density at radius 1 is 0.829 bits per heavy atom. The van der Waals surface area contributed by atoms with Gasteiger partial charge in [-0.2, -0.15) is 0 Å². The average molecular weight is 465 g/mol. The lowest BCUT2D eigenvalue weighted by Gasteiger charge is -2.07. The van der Waals surface area contributed by atoms with Gasteiger partial charge in [0.15, 0.2) is 0 Å². The Morgan fingerprint density at radius 2 is 1.57 bits per heavy atom. The largest absolute Gasteiger partial charge is 0.487 e. The van der Waals surface area contributed by atoms with Gasteiger partial charge < -0.3 is 15.4 Å². The molecule has 0 fully saturated rings. The summed E-state index contributed by atoms with van der Waals surface area (Å²) in [6.07, 6.45) is 6.56. The van der Waals surface area contributed by atoms with Crippen LogP contribution in [0.1, 0.15) is 27.3 Å². The zero-order valence-electron chi connectivity index (χ0n) is 18.9. The fourth-order valence-electron chi connectivity index (χ4n) is 3.19. The van der Waals surface area contributed by atoms with Gasteiger partial charge in [0.25, 0.3) is 5.91 Å². The van der Waals surface area contributed by atoms with Crippen molar-refractivity contribution in [3.8, 4) is 5.75 Å². The van der Waals surface area contributed by atoms with E-state index in [0.29, 0.717) is 24.4 Å². The van der Waals surface area contributed by atoms with Gasteiger partial charge in [-0.3, -0.25) is 19.6 Å². The van der Waals surface area contributed by atoms with Gasteiger partial charge >= 0.3 is 0 Å². The third kappa shape index (κ3) is 7.36. The molecule has 4 rings (SSSR count). The molecule has 0 radical (unpaired) electrons. The average Bonchev–Trinajstić information content (AvgIpc) is 2.91. The molecule has 2 aromatic carbocycles. The highest BCUT2D eigenvalue weighted by atomic mass is 16.5. The number of hydrogen-bond donors (Lipinski definition) is 2. The summed E-state index contributed by atoms with van der Waals surface area (Å²) in [4.78, 5) is 33.2. The summed E-state index contributed by atoms with van der Waals surface area (Å²) in [6, 6.07) is 25.4. The molecular weight excluding hydrogens is 440 g/mol. The number of ether oxygens (including phenoxy) is 1. The lowest BCUT2D eigenvalue weighted by molar-refractivity contribution is -0.111. The highest BCUT2D eigenvalue weighted by molar-refractivity contribution is 6.03. The number of nitrogens with one attached hydrogen (secondary N) is 2. The summed E-state index contributed by atoms with van der Waals surface area (Å²) in [5.74, 6) is 0.176. The van der Waals surface area contributed by atoms with Crippen LogP contribution in [0.3, 0.4) is 0 Å². The van der Waals surface area contributed by atoms with Crippen LogP contribution in [0, 0.1) is 0 Å². The topological polar surface area (TPSA) is 93.2 Å². The number of pyridine rings is 2. The maximum absolute atomic E-state index is 12.4. The Morgan fingerprint density at radius 3 is 2.29 bits per heavy atom. The zero-order chi connectivity index (χ0) is 24.3. The molecule has 0 aliphatic heterocycles. The van der Waals surface area contributed by atoms with Gasteiger partial charge in [-0.25, -0.2) is 0 Å². The minimum absolute atomic E-state index is 0.243. The van der Waals surface area contributed by atoms with Crippen LogP contribution in [-0.2, 0) is 17.9 Å². The molecule has 0 saturated heterocycles. The van der Waals surface area contributed by atoms with Gasteiger partial charge in [-0.15, -0.1) is 0 Å². The van der Waals surface area contributed by atoms with Crippen molar-refractivity contribution in [2.75, 3.05) is 5.32 Å². The molecule has 0 spiro atoms. The Kier molecular flexibility index (Phi) is 7.95. The van der Waals surface area contributed by atoms with Crippen molar-refractivity contribution >= 4 is 23.6 Å². The number of amides is 2. The van der Waals surface area contributed by atoms with Crippen LogP contribution in [0.2, 0.25) is 0 Å². The lowest BCUT2D eigenvalue weighted by Crippen LogP contribution is -2.23. The first kappa shape index (κ1) is 23.4. The second-order valence-electron chi connectivity index (χ2n) is 7.59. The SMILES string of the molecule is O=C(C=Cc1ccc(OCc2ccccn2)cc1)Nc1cccc(C(=O)NCc2ccccn2)c1. The minimum Gasteiger partial charge on any atom is -0.487 e. The molecule has 2 amide bonds. The van der Waals surface area contributed by atoms with Crippen molar-refractivity contribution in [2.24, 2.45) is 0 Å². The maximum Gasteiger partial charge on any atom is 0.251 e. The quantitative estimate of drug-likeness (QED) is 0.352. The van der Waals surface area contributed by atoms with E-state index in [0.717, 1.165) is 22.7 Å². The number of carbonyl (C=O) groups excluding carboxylic acids is 2. The summed E-state index contributed by atoms with van der Waals surface area (Å²) < 4.78 is 5.72. The first-order valence-corrected chi connectivity index (χ1v) is 11.1. The summed E-state index contributed by atoms with van der Waals surface area (Å²) >= 11 is 0. The summed E-state index contributed by atoms with van der Waals surface area (Å²) in [5, 5.41) is 5.60. The van der Waals surface area contributed by atoms with Crippen LogP contribution in [0.25, 0.3) is 6.08 Å². The van der Waals surface area contributed by atoms with Gasteiger partial charge in [0.05, 0.1) is 17.9 Å². The van der Waals surface area contributed by atoms with Crippen molar-refractivity contribution in [3.63, 3.8) is 0 Å². The van der Waals surface area contributed by atoms with Gasteiger partial charge in [0, 0.05) is 29.7 Å². The van der Waals surface area contributed by atoms with E-state index in [4.69, 9.17) is 4.74 Å². The number of anilines is 1. The van der Waals surface area contributed by atoms with Gasteiger partial charge in [0.2, 0.25) is 5.91 Å². The molecule has 4 aromatic rings. The first-order valence-electron chi connectivity index (χ1n) is 11.1. The minimum atomic E-state index is -0.300. The van der Waals surface area contributed by atoms with E-state index in [9.17, 15) is 9.59 Å². The van der Waals surface area contributed by atoms with E-state index < -0.39 is 0 Å². The van der Waals surface area contributed by atoms with E-state index >= 15 is 0 Å². The van der Waals surface area contributed by atoms with Crippen molar-refractivity contribution in [1.82, 2.24) is 15.3 Å². The third-order valence-electron chi connectivity index (χ3n) is 4.97. The molecule has 0 saturated carbocycles. The van der Waals surface area contributed by atoms with Gasteiger partial charge in [-0.05, 0) is 66.2 Å². The van der Waals surface area contributed by atoms with Gasteiger partial charge in [-0.1, -0.05) is 30.3 Å². The number of aromatic nitrogens is 2. The molecular formula is C28H24N4O3. The number of benzene rings is 2. The summed E-state index contributed by atoms with van der Waals surface area (Å²) in [6.45, 7) is 0.713. The molecule has 2 N–H and O–H groups in total. The van der Waals surface area contributed by atoms with Crippen LogP contribution in [-0.4, -0.2) is 21.8 Å². The highest BCUT2D eigenvalue weighted by Gasteiger charge is 2.07. The van der Waals surface area contributed by atoms with Crippen molar-refractivity contribution in [3.05, 3.63) is 126 Å². The zero-order valence-corrected chi connectivity index (χ0v) is 18.9. The van der Waals surface area contributed by atoms with Crippen molar-refractivity contribution in [1.29, 1.82) is 0 Å². The monoisotopic (exact) mass is 464 g/mol. The van der Waals surface area contributed by atoms with Crippen LogP contribution in [0.4, 0.5) is 5.69 Å². The fourth-order valence-corrected chi connectivity index (χ4v) is 3.19. The molecule has 2 heterocycles. The van der Waals surface area contributed by atoms with Crippen LogP contribution in [0.5, 0.6) is 5.75 Å². The van der Waals surface area contributed by atoms with Crippen LogP contribution >= 0.6 is 0 Å². The molecule has 0 aliphatic carbocycles. The van der Waals surface area contributed by atoms with Crippen molar-refractivity contribution < 1.29 is 14.3 Å². The molecule has 7 heteroatoms. The Bertz CT molecular complexity index is 1290. The van der Waals surface area contributed by atoms with Crippen molar-refractivity contribution in [2.45, 2.75) is 13.2 Å². The molecule has 0 bridgehead atoms. The maximum atomic E-state index is 12.4. The number of rotatable bonds is 9. The summed E-state index contributed by atoms with van der Waals surface area (Å²) in [5.41, 5.74) is 3.45. The van der Waals surface area contributed by atoms with E-state index in [-0.39, 0.29) is 11.8 Å². The smallest absolute Gasteiger partial charge is 0.251 e. The Labute approximate surface area is 203 Å². The standard InChI is InChI=1S/C28H24N4O3/c33-27(15-12-21-10-13-26(14-11-21)35-20-25-8-2-4-17-30-25)32-23-9-5-6-22(18-23)28(34)31-19-24-7-1-3-16-29-24/h1-18H,19-20H2,(H,31,34)(H,32,33). The lowest BCUT2D eigenvalue weighted by atomic mass is 10.1. The third-order valence-corrected chi connectivity index (χ3v) is 4.97. The molecule has 174 valence electrons. The molecule has 2 aromatic heterocycles. The predicted molar refractivity (Wildman–Crippen MR) is 135 cm³/mol. The molecule has 35 heavy (non-hydrogen) atoms. The Hall–Kier alpha value is -4.78. The van der Waals surface area contributed by atoms with Crippen LogP contribution in [0.15, 0.2) is 103 Å². The molecule has 0 atom stereocenters. The molecule has 0 aliphatic rings. The van der Waals surface area contributed by atoms with Gasteiger partial charge in [0.1, 0.15) is 12.4 Å². The first-order chi connectivity index (χ1) is 17.2. The van der Waals surface area contributed by atoms with E-state index in [1.807, 2.05) is 60.7 Å². The Balaban J connectivity index is 1.27. The van der Waals surface area contributed by atoms with E-state index in [1.54, 1.807) is 42.7 Å². The second-order valence-corrected chi connectivity index (χ2v) is 7.59. The van der Waals surface area contributed by atoms with E-state index in [1.165, 1.54) is 6.08 Å². The summed E-state index contributed by atoms with van der Waals surface area (Å²) in [7, 11) is 0. The molecule has 0 unspecified atom stereocenters. The highest BCUT2D eigenvalue weighted by Crippen LogP contribution is 2.15. The fraction of sp³-hybridized carbons (Fsp3) is 0.0714. The normalized spacial score (nSPS) is 10.6. The number of carbonyl (C=O) groups is 2.